The van der Waals surface area contributed by atoms with E-state index >= 15 is 0 Å². The molecular weight excluding hydrogens is 331 g/mol. The van der Waals surface area contributed by atoms with E-state index < -0.39 is 0 Å². The molecule has 0 atom stereocenters. The molecule has 0 bridgehead atoms. The zero-order valence-electron chi connectivity index (χ0n) is 9.78. The number of fused-ring (bicyclic) bond motifs is 1. The van der Waals surface area contributed by atoms with E-state index in [0.717, 1.165) is 15.7 Å². The van der Waals surface area contributed by atoms with Crippen molar-refractivity contribution in [2.24, 2.45) is 0 Å². The van der Waals surface area contributed by atoms with Crippen molar-refractivity contribution in [3.8, 4) is 5.69 Å². The minimum atomic E-state index is -0.334. The number of hydrogen-bond donors (Lipinski definition) is 0. The monoisotopic (exact) mass is 338 g/mol. The van der Waals surface area contributed by atoms with Gasteiger partial charge in [-0.3, -0.25) is 4.57 Å². The summed E-state index contributed by atoms with van der Waals surface area (Å²) in [4.78, 5) is 4.27. The van der Waals surface area contributed by atoms with Crippen LogP contribution in [0.4, 0.5) is 4.39 Å². The van der Waals surface area contributed by atoms with Gasteiger partial charge in [-0.05, 0) is 36.4 Å². The van der Waals surface area contributed by atoms with E-state index in [1.165, 1.54) is 6.07 Å². The van der Waals surface area contributed by atoms with Gasteiger partial charge in [-0.2, -0.15) is 0 Å². The molecule has 0 saturated carbocycles. The van der Waals surface area contributed by atoms with Gasteiger partial charge in [-0.1, -0.05) is 22.0 Å². The molecule has 5 heteroatoms. The number of rotatable bonds is 2. The van der Waals surface area contributed by atoms with Crippen molar-refractivity contribution in [1.82, 2.24) is 9.55 Å². The Morgan fingerprint density at radius 1 is 1.16 bits per heavy atom. The van der Waals surface area contributed by atoms with Crippen LogP contribution in [0.2, 0.25) is 0 Å². The van der Waals surface area contributed by atoms with E-state index in [1.54, 1.807) is 6.07 Å². The highest BCUT2D eigenvalue weighted by atomic mass is 79.9. The fourth-order valence-corrected chi connectivity index (χ4v) is 2.52. The summed E-state index contributed by atoms with van der Waals surface area (Å²) in [5.41, 5.74) is 1.98. The van der Waals surface area contributed by atoms with Gasteiger partial charge < -0.3 is 0 Å². The summed E-state index contributed by atoms with van der Waals surface area (Å²) in [7, 11) is 0. The van der Waals surface area contributed by atoms with Crippen LogP contribution in [0.5, 0.6) is 0 Å². The highest BCUT2D eigenvalue weighted by Gasteiger charge is 2.14. The third kappa shape index (κ3) is 2.15. The van der Waals surface area contributed by atoms with Gasteiger partial charge in [0, 0.05) is 10.2 Å². The Balaban J connectivity index is 2.32. The topological polar surface area (TPSA) is 17.8 Å². The molecule has 2 nitrogen and oxygen atoms in total. The highest BCUT2D eigenvalue weighted by molar-refractivity contribution is 9.10. The summed E-state index contributed by atoms with van der Waals surface area (Å²) in [5, 5.41) is 0. The SMILES string of the molecule is Fc1cccc2c1nc(CCl)n2-c1ccc(Br)cc1. The Kier molecular flexibility index (Phi) is 3.29. The van der Waals surface area contributed by atoms with Crippen LogP contribution >= 0.6 is 27.5 Å². The molecule has 1 aromatic heterocycles. The van der Waals surface area contributed by atoms with Crippen LogP contribution in [0.3, 0.4) is 0 Å². The fraction of sp³-hybridized carbons (Fsp3) is 0.0714. The molecule has 0 fully saturated rings. The maximum atomic E-state index is 13.8. The molecule has 0 unspecified atom stereocenters. The molecular formula is C14H9BrClFN2. The molecule has 0 spiro atoms. The molecule has 3 aromatic rings. The fourth-order valence-electron chi connectivity index (χ4n) is 2.08. The van der Waals surface area contributed by atoms with Crippen LogP contribution in [0.15, 0.2) is 46.9 Å². The second-order valence-electron chi connectivity index (χ2n) is 4.08. The Hall–Kier alpha value is -1.39. The summed E-state index contributed by atoms with van der Waals surface area (Å²) in [6, 6.07) is 12.6. The number of aromatic nitrogens is 2. The largest absolute Gasteiger partial charge is 0.295 e. The summed E-state index contributed by atoms with van der Waals surface area (Å²) in [6.45, 7) is 0. The first-order valence-electron chi connectivity index (χ1n) is 5.68. The van der Waals surface area contributed by atoms with Crippen LogP contribution in [0, 0.1) is 5.82 Å². The van der Waals surface area contributed by atoms with Crippen molar-refractivity contribution in [2.75, 3.05) is 0 Å². The molecule has 96 valence electrons. The summed E-state index contributed by atoms with van der Waals surface area (Å²) in [6.07, 6.45) is 0. The van der Waals surface area contributed by atoms with Gasteiger partial charge in [-0.25, -0.2) is 9.37 Å². The summed E-state index contributed by atoms with van der Waals surface area (Å²) < 4.78 is 16.6. The standard InChI is InChI=1S/C14H9BrClFN2/c15-9-4-6-10(7-5-9)19-12-3-1-2-11(17)14(12)18-13(19)8-16/h1-7H,8H2. The van der Waals surface area contributed by atoms with E-state index in [4.69, 9.17) is 11.6 Å². The maximum absolute atomic E-state index is 13.8. The zero-order chi connectivity index (χ0) is 13.4. The first-order chi connectivity index (χ1) is 9.20. The number of halogens is 3. The van der Waals surface area contributed by atoms with Gasteiger partial charge in [0.1, 0.15) is 11.3 Å². The van der Waals surface area contributed by atoms with Gasteiger partial charge in [0.25, 0.3) is 0 Å². The first-order valence-corrected chi connectivity index (χ1v) is 7.01. The Morgan fingerprint density at radius 2 is 1.89 bits per heavy atom. The van der Waals surface area contributed by atoms with E-state index in [2.05, 4.69) is 20.9 Å². The number of benzene rings is 2. The summed E-state index contributed by atoms with van der Waals surface area (Å²) in [5.74, 6) is 0.522. The molecule has 0 aliphatic carbocycles. The quantitative estimate of drug-likeness (QED) is 0.621. The lowest BCUT2D eigenvalue weighted by molar-refractivity contribution is 0.637. The molecule has 1 heterocycles. The van der Waals surface area contributed by atoms with Gasteiger partial charge in [0.15, 0.2) is 5.82 Å². The lowest BCUT2D eigenvalue weighted by Crippen LogP contribution is -1.98. The molecule has 0 saturated heterocycles. The normalized spacial score (nSPS) is 11.1. The minimum Gasteiger partial charge on any atom is -0.295 e. The second kappa shape index (κ2) is 4.94. The van der Waals surface area contributed by atoms with Gasteiger partial charge in [0.05, 0.1) is 11.4 Å². The van der Waals surface area contributed by atoms with Crippen LogP contribution in [-0.4, -0.2) is 9.55 Å². The van der Waals surface area contributed by atoms with Crippen LogP contribution < -0.4 is 0 Å². The number of alkyl halides is 1. The van der Waals surface area contributed by atoms with E-state index in [0.29, 0.717) is 11.3 Å². The molecule has 0 N–H and O–H groups in total. The zero-order valence-corrected chi connectivity index (χ0v) is 12.1. The van der Waals surface area contributed by atoms with Crippen molar-refractivity contribution < 1.29 is 4.39 Å². The maximum Gasteiger partial charge on any atom is 0.151 e. The third-order valence-electron chi connectivity index (χ3n) is 2.91. The minimum absolute atomic E-state index is 0.226. The smallest absolute Gasteiger partial charge is 0.151 e. The number of nitrogens with zero attached hydrogens (tertiary/aromatic N) is 2. The Labute approximate surface area is 123 Å². The van der Waals surface area contributed by atoms with Crippen molar-refractivity contribution in [3.05, 3.63) is 58.6 Å². The lowest BCUT2D eigenvalue weighted by atomic mass is 10.2. The predicted molar refractivity (Wildman–Crippen MR) is 78.3 cm³/mol. The van der Waals surface area contributed by atoms with Crippen LogP contribution in [-0.2, 0) is 5.88 Å². The van der Waals surface area contributed by atoms with Crippen molar-refractivity contribution in [1.29, 1.82) is 0 Å². The molecule has 0 aliphatic heterocycles. The summed E-state index contributed by atoms with van der Waals surface area (Å²) >= 11 is 9.32. The molecule has 0 aliphatic rings. The van der Waals surface area contributed by atoms with Crippen LogP contribution in [0.25, 0.3) is 16.7 Å². The third-order valence-corrected chi connectivity index (χ3v) is 3.68. The molecule has 0 radical (unpaired) electrons. The molecule has 0 amide bonds. The highest BCUT2D eigenvalue weighted by Crippen LogP contribution is 2.25. The number of para-hydroxylation sites is 1. The second-order valence-corrected chi connectivity index (χ2v) is 5.26. The van der Waals surface area contributed by atoms with E-state index in [1.807, 2.05) is 34.9 Å². The number of hydrogen-bond acceptors (Lipinski definition) is 1. The Bertz CT molecular complexity index is 737. The van der Waals surface area contributed by atoms with Gasteiger partial charge in [0.2, 0.25) is 0 Å². The first kappa shape index (κ1) is 12.6. The van der Waals surface area contributed by atoms with Gasteiger partial charge in [-0.15, -0.1) is 11.6 Å². The lowest BCUT2D eigenvalue weighted by Gasteiger charge is -2.07. The van der Waals surface area contributed by atoms with Crippen LogP contribution in [0.1, 0.15) is 5.82 Å². The average Bonchev–Trinajstić information content (AvgIpc) is 2.80. The molecule has 19 heavy (non-hydrogen) atoms. The van der Waals surface area contributed by atoms with Crippen molar-refractivity contribution >= 4 is 38.6 Å². The van der Waals surface area contributed by atoms with E-state index in [-0.39, 0.29) is 11.7 Å². The number of imidazole rings is 1. The van der Waals surface area contributed by atoms with E-state index in [9.17, 15) is 4.39 Å². The Morgan fingerprint density at radius 3 is 2.58 bits per heavy atom. The predicted octanol–water partition coefficient (Wildman–Crippen LogP) is 4.67. The molecule has 2 aromatic carbocycles. The van der Waals surface area contributed by atoms with Crippen molar-refractivity contribution in [2.45, 2.75) is 5.88 Å². The molecule has 3 rings (SSSR count). The van der Waals surface area contributed by atoms with Crippen molar-refractivity contribution in [3.63, 3.8) is 0 Å². The average molecular weight is 340 g/mol. The van der Waals surface area contributed by atoms with Gasteiger partial charge >= 0.3 is 0 Å².